The Morgan fingerprint density at radius 2 is 1.75 bits per heavy atom. The van der Waals surface area contributed by atoms with E-state index in [1.807, 2.05) is 49.4 Å². The molecule has 2 aromatic carbocycles. The lowest BCUT2D eigenvalue weighted by atomic mass is 9.98. The molecule has 0 heterocycles. The van der Waals surface area contributed by atoms with Gasteiger partial charge in [-0.1, -0.05) is 45.8 Å². The lowest BCUT2D eigenvalue weighted by molar-refractivity contribution is 1.42. The van der Waals surface area contributed by atoms with E-state index in [4.69, 9.17) is 5.26 Å². The SMILES string of the molecule is Cc1ccc(C#N)c(-c2ccc(Br)cc2)c1. The second-order valence-corrected chi connectivity index (χ2v) is 4.58. The fraction of sp³-hybridized carbons (Fsp3) is 0.0714. The highest BCUT2D eigenvalue weighted by Crippen LogP contribution is 2.25. The van der Waals surface area contributed by atoms with Gasteiger partial charge in [0.15, 0.2) is 0 Å². The molecule has 1 nitrogen and oxygen atoms in total. The van der Waals surface area contributed by atoms with Gasteiger partial charge in [-0.3, -0.25) is 0 Å². The van der Waals surface area contributed by atoms with Crippen LogP contribution in [0.3, 0.4) is 0 Å². The van der Waals surface area contributed by atoms with Crippen LogP contribution < -0.4 is 0 Å². The van der Waals surface area contributed by atoms with E-state index in [9.17, 15) is 0 Å². The smallest absolute Gasteiger partial charge is 0.0998 e. The molecule has 2 rings (SSSR count). The molecule has 0 amide bonds. The van der Waals surface area contributed by atoms with Crippen LogP contribution in [0.2, 0.25) is 0 Å². The number of nitriles is 1. The quantitative estimate of drug-likeness (QED) is 0.759. The number of hydrogen-bond donors (Lipinski definition) is 0. The van der Waals surface area contributed by atoms with Crippen LogP contribution in [-0.4, -0.2) is 0 Å². The fourth-order valence-electron chi connectivity index (χ4n) is 1.62. The van der Waals surface area contributed by atoms with Gasteiger partial charge in [0.2, 0.25) is 0 Å². The lowest BCUT2D eigenvalue weighted by Gasteiger charge is -2.05. The molecule has 0 saturated carbocycles. The van der Waals surface area contributed by atoms with Gasteiger partial charge in [-0.15, -0.1) is 0 Å². The highest BCUT2D eigenvalue weighted by molar-refractivity contribution is 9.10. The molecule has 0 atom stereocenters. The number of aryl methyl sites for hydroxylation is 1. The van der Waals surface area contributed by atoms with Crippen molar-refractivity contribution in [1.82, 2.24) is 0 Å². The van der Waals surface area contributed by atoms with Crippen molar-refractivity contribution in [3.05, 3.63) is 58.1 Å². The molecule has 78 valence electrons. The maximum atomic E-state index is 9.07. The summed E-state index contributed by atoms with van der Waals surface area (Å²) < 4.78 is 1.04. The molecular formula is C14H10BrN. The number of rotatable bonds is 1. The average Bonchev–Trinajstić information content (AvgIpc) is 2.30. The Morgan fingerprint density at radius 3 is 2.38 bits per heavy atom. The molecule has 0 N–H and O–H groups in total. The Morgan fingerprint density at radius 1 is 1.06 bits per heavy atom. The average molecular weight is 272 g/mol. The molecule has 16 heavy (non-hydrogen) atoms. The van der Waals surface area contributed by atoms with Crippen molar-refractivity contribution in [3.8, 4) is 17.2 Å². The van der Waals surface area contributed by atoms with Crippen molar-refractivity contribution in [2.45, 2.75) is 6.92 Å². The first kappa shape index (κ1) is 10.9. The van der Waals surface area contributed by atoms with Crippen molar-refractivity contribution < 1.29 is 0 Å². The molecule has 0 aliphatic rings. The molecule has 0 bridgehead atoms. The van der Waals surface area contributed by atoms with Crippen molar-refractivity contribution in [3.63, 3.8) is 0 Å². The normalized spacial score (nSPS) is 9.81. The minimum Gasteiger partial charge on any atom is -0.192 e. The number of nitrogens with zero attached hydrogens (tertiary/aromatic N) is 1. The van der Waals surface area contributed by atoms with Gasteiger partial charge in [-0.25, -0.2) is 0 Å². The van der Waals surface area contributed by atoms with E-state index >= 15 is 0 Å². The first-order valence-electron chi connectivity index (χ1n) is 4.97. The number of benzene rings is 2. The van der Waals surface area contributed by atoms with Crippen molar-refractivity contribution in [2.24, 2.45) is 0 Å². The second kappa shape index (κ2) is 4.51. The molecule has 2 aromatic rings. The van der Waals surface area contributed by atoms with Gasteiger partial charge in [0, 0.05) is 4.47 Å². The molecule has 0 radical (unpaired) electrons. The third kappa shape index (κ3) is 2.15. The Bertz CT molecular complexity index is 550. The highest BCUT2D eigenvalue weighted by Gasteiger charge is 2.04. The monoisotopic (exact) mass is 271 g/mol. The van der Waals surface area contributed by atoms with Gasteiger partial charge >= 0.3 is 0 Å². The summed E-state index contributed by atoms with van der Waals surface area (Å²) in [5.41, 5.74) is 3.95. The van der Waals surface area contributed by atoms with Crippen LogP contribution in [0.25, 0.3) is 11.1 Å². The zero-order valence-electron chi connectivity index (χ0n) is 8.87. The summed E-state index contributed by atoms with van der Waals surface area (Å²) in [5.74, 6) is 0. The van der Waals surface area contributed by atoms with Crippen LogP contribution in [0.5, 0.6) is 0 Å². The van der Waals surface area contributed by atoms with E-state index < -0.39 is 0 Å². The van der Waals surface area contributed by atoms with E-state index in [0.29, 0.717) is 5.56 Å². The first-order valence-corrected chi connectivity index (χ1v) is 5.76. The van der Waals surface area contributed by atoms with E-state index in [-0.39, 0.29) is 0 Å². The Balaban J connectivity index is 2.59. The van der Waals surface area contributed by atoms with Crippen molar-refractivity contribution >= 4 is 15.9 Å². The summed E-state index contributed by atoms with van der Waals surface area (Å²) in [7, 11) is 0. The second-order valence-electron chi connectivity index (χ2n) is 3.67. The van der Waals surface area contributed by atoms with Gasteiger partial charge in [0.05, 0.1) is 11.6 Å². The maximum Gasteiger partial charge on any atom is 0.0998 e. The lowest BCUT2D eigenvalue weighted by Crippen LogP contribution is -1.85. The summed E-state index contributed by atoms with van der Waals surface area (Å²) in [6.07, 6.45) is 0. The summed E-state index contributed by atoms with van der Waals surface area (Å²) in [6.45, 7) is 2.03. The molecule has 0 unspecified atom stereocenters. The molecule has 0 aliphatic carbocycles. The number of hydrogen-bond acceptors (Lipinski definition) is 1. The van der Waals surface area contributed by atoms with E-state index in [1.165, 1.54) is 0 Å². The summed E-state index contributed by atoms with van der Waals surface area (Å²) in [5, 5.41) is 9.07. The molecule has 0 fully saturated rings. The maximum absolute atomic E-state index is 9.07. The van der Waals surface area contributed by atoms with Crippen LogP contribution in [0, 0.1) is 18.3 Å². The fourth-order valence-corrected chi connectivity index (χ4v) is 1.89. The molecule has 0 aromatic heterocycles. The Kier molecular flexibility index (Phi) is 3.07. The van der Waals surface area contributed by atoms with Gasteiger partial charge in [-0.2, -0.15) is 5.26 Å². The standard InChI is InChI=1S/C14H10BrN/c1-10-2-3-12(9-16)14(8-10)11-4-6-13(15)7-5-11/h2-8H,1H3. The van der Waals surface area contributed by atoms with Gasteiger partial charge in [0.1, 0.15) is 0 Å². The minimum atomic E-state index is 0.716. The summed E-state index contributed by atoms with van der Waals surface area (Å²) >= 11 is 3.40. The Hall–Kier alpha value is -1.59. The van der Waals surface area contributed by atoms with Crippen LogP contribution in [0.4, 0.5) is 0 Å². The summed E-state index contributed by atoms with van der Waals surface area (Å²) in [4.78, 5) is 0. The Labute approximate surface area is 103 Å². The zero-order valence-corrected chi connectivity index (χ0v) is 10.5. The third-order valence-electron chi connectivity index (χ3n) is 2.45. The molecule has 0 spiro atoms. The van der Waals surface area contributed by atoms with Crippen LogP contribution in [0.1, 0.15) is 11.1 Å². The first-order chi connectivity index (χ1) is 7.70. The van der Waals surface area contributed by atoms with Crippen molar-refractivity contribution in [1.29, 1.82) is 5.26 Å². The van der Waals surface area contributed by atoms with E-state index in [0.717, 1.165) is 21.2 Å². The molecule has 0 saturated heterocycles. The van der Waals surface area contributed by atoms with E-state index in [2.05, 4.69) is 22.0 Å². The predicted molar refractivity (Wildman–Crippen MR) is 69.0 cm³/mol. The van der Waals surface area contributed by atoms with Gasteiger partial charge in [0.25, 0.3) is 0 Å². The van der Waals surface area contributed by atoms with Crippen LogP contribution in [0.15, 0.2) is 46.9 Å². The predicted octanol–water partition coefficient (Wildman–Crippen LogP) is 4.30. The topological polar surface area (TPSA) is 23.8 Å². The van der Waals surface area contributed by atoms with Crippen LogP contribution in [-0.2, 0) is 0 Å². The number of halogens is 1. The molecular weight excluding hydrogens is 262 g/mol. The van der Waals surface area contributed by atoms with Gasteiger partial charge < -0.3 is 0 Å². The largest absolute Gasteiger partial charge is 0.192 e. The molecule has 0 aliphatic heterocycles. The van der Waals surface area contributed by atoms with Crippen LogP contribution >= 0.6 is 15.9 Å². The zero-order chi connectivity index (χ0) is 11.5. The highest BCUT2D eigenvalue weighted by atomic mass is 79.9. The van der Waals surface area contributed by atoms with Crippen molar-refractivity contribution in [2.75, 3.05) is 0 Å². The minimum absolute atomic E-state index is 0.716. The summed E-state index contributed by atoms with van der Waals surface area (Å²) in [6, 6.07) is 16.1. The molecule has 2 heteroatoms. The van der Waals surface area contributed by atoms with Gasteiger partial charge in [-0.05, 0) is 36.2 Å². The third-order valence-corrected chi connectivity index (χ3v) is 2.98. The van der Waals surface area contributed by atoms with E-state index in [1.54, 1.807) is 0 Å².